The number of carbonyl (C=O) groups is 1. The van der Waals surface area contributed by atoms with Gasteiger partial charge in [-0.3, -0.25) is 9.78 Å². The number of para-hydroxylation sites is 1. The fraction of sp³-hybridized carbons (Fsp3) is 0.150. The molecule has 4 aromatic rings. The minimum Gasteiger partial charge on any atom is -0.346 e. The largest absolute Gasteiger partial charge is 0.346 e. The van der Waals surface area contributed by atoms with E-state index in [1.54, 1.807) is 6.20 Å². The van der Waals surface area contributed by atoms with E-state index in [0.717, 1.165) is 32.9 Å². The number of amides is 1. The van der Waals surface area contributed by atoms with Gasteiger partial charge in [0.25, 0.3) is 5.91 Å². The zero-order chi connectivity index (χ0) is 18.1. The van der Waals surface area contributed by atoms with E-state index in [1.807, 2.05) is 67.1 Å². The number of carbonyl (C=O) groups excluding carboxylic acids is 1. The topological polar surface area (TPSA) is 59.8 Å². The molecular weight excluding hydrogens is 344 g/mol. The van der Waals surface area contributed by atoms with Crippen LogP contribution in [0.25, 0.3) is 15.9 Å². The third-order valence-corrected chi connectivity index (χ3v) is 5.41. The van der Waals surface area contributed by atoms with Crippen molar-refractivity contribution in [1.82, 2.24) is 20.1 Å². The lowest BCUT2D eigenvalue weighted by atomic mass is 10.2. The second-order valence-corrected chi connectivity index (χ2v) is 7.14. The molecule has 0 saturated heterocycles. The summed E-state index contributed by atoms with van der Waals surface area (Å²) in [4.78, 5) is 18.6. The number of nitrogens with one attached hydrogen (secondary N) is 1. The first-order chi connectivity index (χ1) is 12.6. The van der Waals surface area contributed by atoms with E-state index in [9.17, 15) is 4.79 Å². The van der Waals surface area contributed by atoms with Gasteiger partial charge >= 0.3 is 0 Å². The van der Waals surface area contributed by atoms with Gasteiger partial charge in [-0.1, -0.05) is 24.3 Å². The summed E-state index contributed by atoms with van der Waals surface area (Å²) < 4.78 is 1.90. The van der Waals surface area contributed by atoms with Crippen LogP contribution >= 0.6 is 11.3 Å². The first-order valence-corrected chi connectivity index (χ1v) is 9.18. The highest BCUT2D eigenvalue weighted by molar-refractivity contribution is 7.20. The van der Waals surface area contributed by atoms with Crippen LogP contribution in [-0.4, -0.2) is 20.7 Å². The van der Waals surface area contributed by atoms with Gasteiger partial charge < -0.3 is 5.32 Å². The van der Waals surface area contributed by atoms with Gasteiger partial charge in [-0.25, -0.2) is 4.68 Å². The number of rotatable bonds is 4. The van der Waals surface area contributed by atoms with E-state index in [1.165, 1.54) is 11.3 Å². The molecule has 0 atom stereocenters. The average molecular weight is 362 g/mol. The Morgan fingerprint density at radius 3 is 2.73 bits per heavy atom. The van der Waals surface area contributed by atoms with Crippen molar-refractivity contribution in [3.8, 4) is 5.69 Å². The molecule has 1 amide bonds. The van der Waals surface area contributed by atoms with Gasteiger partial charge in [-0.2, -0.15) is 5.10 Å². The fourth-order valence-electron chi connectivity index (χ4n) is 2.86. The number of nitrogens with zero attached hydrogens (tertiary/aromatic N) is 3. The van der Waals surface area contributed by atoms with Crippen molar-refractivity contribution in [3.05, 3.63) is 76.6 Å². The van der Waals surface area contributed by atoms with Crippen molar-refractivity contribution >= 4 is 27.5 Å². The van der Waals surface area contributed by atoms with E-state index in [2.05, 4.69) is 15.4 Å². The van der Waals surface area contributed by atoms with Crippen molar-refractivity contribution in [2.75, 3.05) is 0 Å². The number of hydrogen-bond donors (Lipinski definition) is 1. The Morgan fingerprint density at radius 1 is 1.15 bits per heavy atom. The molecule has 1 aromatic carbocycles. The fourth-order valence-corrected chi connectivity index (χ4v) is 3.96. The quantitative estimate of drug-likeness (QED) is 0.596. The number of aromatic nitrogens is 3. The molecule has 0 aliphatic heterocycles. The molecule has 3 aromatic heterocycles. The molecule has 4 rings (SSSR count). The predicted octanol–water partition coefficient (Wildman–Crippen LogP) is 4.03. The summed E-state index contributed by atoms with van der Waals surface area (Å²) in [6.45, 7) is 4.38. The van der Waals surface area contributed by atoms with Gasteiger partial charge in [0.1, 0.15) is 4.83 Å². The van der Waals surface area contributed by atoms with Crippen LogP contribution < -0.4 is 5.32 Å². The molecule has 6 heteroatoms. The lowest BCUT2D eigenvalue weighted by Crippen LogP contribution is -2.22. The molecule has 0 unspecified atom stereocenters. The Kier molecular flexibility index (Phi) is 4.26. The molecule has 0 bridgehead atoms. The molecular formula is C20H18N4OS. The molecule has 1 N–H and O–H groups in total. The number of fused-ring (bicyclic) bond motifs is 1. The molecule has 5 nitrogen and oxygen atoms in total. The Bertz CT molecular complexity index is 1080. The number of benzene rings is 1. The molecule has 3 heterocycles. The number of thiophene rings is 1. The standard InChI is InChI=1S/C20H18N4OS/c1-13-7-6-10-21-17(13)12-22-19(25)18-11-16-14(2)23-24(20(16)26-18)15-8-4-3-5-9-15/h3-11H,12H2,1-2H3,(H,22,25). The molecule has 26 heavy (non-hydrogen) atoms. The summed E-state index contributed by atoms with van der Waals surface area (Å²) in [5.41, 5.74) is 3.86. The monoisotopic (exact) mass is 362 g/mol. The van der Waals surface area contributed by atoms with Crippen LogP contribution in [0.1, 0.15) is 26.6 Å². The summed E-state index contributed by atoms with van der Waals surface area (Å²) >= 11 is 1.46. The third kappa shape index (κ3) is 2.99. The van der Waals surface area contributed by atoms with Gasteiger partial charge in [-0.15, -0.1) is 11.3 Å². The highest BCUT2D eigenvalue weighted by Crippen LogP contribution is 2.30. The highest BCUT2D eigenvalue weighted by Gasteiger charge is 2.17. The first kappa shape index (κ1) is 16.5. The smallest absolute Gasteiger partial charge is 0.261 e. The normalized spacial score (nSPS) is 11.0. The SMILES string of the molecule is Cc1cccnc1CNC(=O)c1cc2c(C)nn(-c3ccccc3)c2s1. The van der Waals surface area contributed by atoms with Crippen molar-refractivity contribution in [2.45, 2.75) is 20.4 Å². The number of pyridine rings is 1. The van der Waals surface area contributed by atoms with Crippen molar-refractivity contribution in [1.29, 1.82) is 0 Å². The molecule has 130 valence electrons. The van der Waals surface area contributed by atoms with Crippen molar-refractivity contribution < 1.29 is 4.79 Å². The molecule has 0 saturated carbocycles. The molecule has 0 aliphatic carbocycles. The number of hydrogen-bond acceptors (Lipinski definition) is 4. The Morgan fingerprint density at radius 2 is 1.96 bits per heavy atom. The highest BCUT2D eigenvalue weighted by atomic mass is 32.1. The summed E-state index contributed by atoms with van der Waals surface area (Å²) in [5.74, 6) is -0.0877. The maximum absolute atomic E-state index is 12.6. The van der Waals surface area contributed by atoms with Crippen LogP contribution in [0.2, 0.25) is 0 Å². The minimum atomic E-state index is -0.0877. The maximum atomic E-state index is 12.6. The molecule has 0 spiro atoms. The van der Waals surface area contributed by atoms with Crippen LogP contribution in [0.3, 0.4) is 0 Å². The minimum absolute atomic E-state index is 0.0877. The van der Waals surface area contributed by atoms with E-state index < -0.39 is 0 Å². The van der Waals surface area contributed by atoms with Crippen LogP contribution in [0.15, 0.2) is 54.7 Å². The van der Waals surface area contributed by atoms with E-state index in [0.29, 0.717) is 11.4 Å². The number of aryl methyl sites for hydroxylation is 2. The van der Waals surface area contributed by atoms with Gasteiger partial charge in [0.2, 0.25) is 0 Å². The second kappa shape index (κ2) is 6.72. The van der Waals surface area contributed by atoms with Gasteiger partial charge in [0.15, 0.2) is 0 Å². The van der Waals surface area contributed by atoms with E-state index in [-0.39, 0.29) is 5.91 Å². The lowest BCUT2D eigenvalue weighted by Gasteiger charge is -2.05. The van der Waals surface area contributed by atoms with Crippen LogP contribution in [0.4, 0.5) is 0 Å². The van der Waals surface area contributed by atoms with Gasteiger partial charge in [0, 0.05) is 11.6 Å². The summed E-state index contributed by atoms with van der Waals surface area (Å²) in [6.07, 6.45) is 1.74. The van der Waals surface area contributed by atoms with Gasteiger partial charge in [0.05, 0.1) is 28.5 Å². The summed E-state index contributed by atoms with van der Waals surface area (Å²) in [7, 11) is 0. The van der Waals surface area contributed by atoms with Crippen molar-refractivity contribution in [3.63, 3.8) is 0 Å². The third-order valence-electron chi connectivity index (χ3n) is 4.30. The van der Waals surface area contributed by atoms with Crippen molar-refractivity contribution in [2.24, 2.45) is 0 Å². The predicted molar refractivity (Wildman–Crippen MR) is 104 cm³/mol. The molecule has 0 fully saturated rings. The summed E-state index contributed by atoms with van der Waals surface area (Å²) in [5, 5.41) is 8.59. The molecule has 0 radical (unpaired) electrons. The van der Waals surface area contributed by atoms with Crippen LogP contribution in [-0.2, 0) is 6.54 Å². The van der Waals surface area contributed by atoms with E-state index in [4.69, 9.17) is 0 Å². The zero-order valence-electron chi connectivity index (χ0n) is 14.6. The Balaban J connectivity index is 1.61. The van der Waals surface area contributed by atoms with Crippen LogP contribution in [0.5, 0.6) is 0 Å². The first-order valence-electron chi connectivity index (χ1n) is 8.37. The average Bonchev–Trinajstić information content (AvgIpc) is 3.22. The lowest BCUT2D eigenvalue weighted by molar-refractivity contribution is 0.0954. The second-order valence-electron chi connectivity index (χ2n) is 6.11. The van der Waals surface area contributed by atoms with E-state index >= 15 is 0 Å². The Hall–Kier alpha value is -2.99. The maximum Gasteiger partial charge on any atom is 0.261 e. The zero-order valence-corrected chi connectivity index (χ0v) is 15.4. The summed E-state index contributed by atoms with van der Waals surface area (Å²) in [6, 6.07) is 15.8. The van der Waals surface area contributed by atoms with Gasteiger partial charge in [-0.05, 0) is 43.7 Å². The molecule has 0 aliphatic rings. The van der Waals surface area contributed by atoms with Crippen LogP contribution in [0, 0.1) is 13.8 Å². The Labute approximate surface area is 155 Å².